The van der Waals surface area contributed by atoms with E-state index in [-0.39, 0.29) is 19.0 Å². The van der Waals surface area contributed by atoms with Gasteiger partial charge in [-0.2, -0.15) is 17.5 Å². The summed E-state index contributed by atoms with van der Waals surface area (Å²) in [7, 11) is -3.30. The van der Waals surface area contributed by atoms with Crippen LogP contribution in [0.1, 0.15) is 36.8 Å². The molecule has 0 saturated heterocycles. The minimum Gasteiger partial charge on any atom is -0.468 e. The van der Waals surface area contributed by atoms with Crippen LogP contribution in [0, 0.1) is 0 Å². The largest absolute Gasteiger partial charge is 0.468 e. The molecule has 2 heterocycles. The number of ether oxygens (including phenoxy) is 1. The highest BCUT2D eigenvalue weighted by atomic mass is 32.2. The van der Waals surface area contributed by atoms with Crippen LogP contribution >= 0.6 is 0 Å². The number of rotatable bonds is 4. The second-order valence-electron chi connectivity index (χ2n) is 6.96. The average molecular weight is 431 g/mol. The highest BCUT2D eigenvalue weighted by molar-refractivity contribution is 7.89. The van der Waals surface area contributed by atoms with E-state index in [4.69, 9.17) is 4.74 Å². The third kappa shape index (κ3) is 3.88. The molecule has 0 aliphatic carbocycles. The number of imidazole rings is 1. The van der Waals surface area contributed by atoms with Crippen molar-refractivity contribution >= 4 is 16.0 Å². The number of hydrogen-bond acceptors (Lipinski definition) is 5. The van der Waals surface area contributed by atoms with Gasteiger partial charge in [-0.05, 0) is 32.0 Å². The predicted octanol–water partition coefficient (Wildman–Crippen LogP) is 2.77. The zero-order valence-corrected chi connectivity index (χ0v) is 16.8. The first kappa shape index (κ1) is 21.3. The molecule has 1 unspecified atom stereocenters. The second-order valence-corrected chi connectivity index (χ2v) is 8.85. The van der Waals surface area contributed by atoms with Gasteiger partial charge in [0, 0.05) is 12.5 Å². The molecule has 0 bridgehead atoms. The van der Waals surface area contributed by atoms with E-state index in [1.165, 1.54) is 0 Å². The van der Waals surface area contributed by atoms with Crippen molar-refractivity contribution in [2.24, 2.45) is 0 Å². The van der Waals surface area contributed by atoms with E-state index in [0.29, 0.717) is 17.5 Å². The fourth-order valence-corrected chi connectivity index (χ4v) is 4.90. The van der Waals surface area contributed by atoms with Crippen LogP contribution in [-0.2, 0) is 38.7 Å². The summed E-state index contributed by atoms with van der Waals surface area (Å²) in [5.41, 5.74) is 0.0680. The molecule has 0 amide bonds. The Labute approximate surface area is 166 Å². The van der Waals surface area contributed by atoms with E-state index in [1.54, 1.807) is 10.9 Å². The van der Waals surface area contributed by atoms with Gasteiger partial charge in [-0.15, -0.1) is 0 Å². The van der Waals surface area contributed by atoms with Crippen LogP contribution < -0.4 is 0 Å². The Bertz CT molecular complexity index is 1030. The molecule has 0 N–H and O–H groups in total. The number of methoxy groups -OCH3 is 1. The maximum Gasteiger partial charge on any atom is 0.416 e. The van der Waals surface area contributed by atoms with Crippen molar-refractivity contribution in [1.82, 2.24) is 13.9 Å². The number of nitrogens with zero attached hydrogens (tertiary/aromatic N) is 3. The van der Waals surface area contributed by atoms with Gasteiger partial charge in [0.1, 0.15) is 6.04 Å². The second kappa shape index (κ2) is 7.45. The summed E-state index contributed by atoms with van der Waals surface area (Å²) >= 11 is 0. The van der Waals surface area contributed by atoms with Crippen LogP contribution in [-0.4, -0.2) is 41.4 Å². The Balaban J connectivity index is 2.10. The van der Waals surface area contributed by atoms with E-state index >= 15 is 0 Å². The number of carbonyl (C=O) groups is 1. The number of carbonyl (C=O) groups excluding carboxylic acids is 1. The lowest BCUT2D eigenvalue weighted by Gasteiger charge is -2.33. The minimum atomic E-state index is -4.70. The SMILES string of the molecule is COC(=O)C1Cc2ncn(C(C)C)c2CN1S(=O)(=O)c1cccc(C(F)(F)F)c1. The molecule has 1 aliphatic heterocycles. The molecule has 11 heteroatoms. The Hall–Kier alpha value is -2.40. The summed E-state index contributed by atoms with van der Waals surface area (Å²) in [6.07, 6.45) is -3.16. The summed E-state index contributed by atoms with van der Waals surface area (Å²) in [5.74, 6) is -0.801. The molecule has 2 aromatic rings. The highest BCUT2D eigenvalue weighted by Gasteiger charge is 2.43. The molecule has 1 aromatic carbocycles. The number of sulfonamides is 1. The first-order chi connectivity index (χ1) is 13.5. The summed E-state index contributed by atoms with van der Waals surface area (Å²) in [4.78, 5) is 16.0. The van der Waals surface area contributed by atoms with Crippen LogP contribution in [0.2, 0.25) is 0 Å². The van der Waals surface area contributed by atoms with Gasteiger partial charge in [-0.3, -0.25) is 4.79 Å². The van der Waals surface area contributed by atoms with Crippen molar-refractivity contribution < 1.29 is 31.1 Å². The quantitative estimate of drug-likeness (QED) is 0.696. The smallest absolute Gasteiger partial charge is 0.416 e. The number of benzene rings is 1. The monoisotopic (exact) mass is 431 g/mol. The van der Waals surface area contributed by atoms with Crippen LogP contribution in [0.5, 0.6) is 0 Å². The molecular weight excluding hydrogens is 411 g/mol. The zero-order valence-electron chi connectivity index (χ0n) is 16.0. The number of fused-ring (bicyclic) bond motifs is 1. The van der Waals surface area contributed by atoms with Crippen LogP contribution in [0.25, 0.3) is 0 Å². The highest BCUT2D eigenvalue weighted by Crippen LogP contribution is 2.34. The summed E-state index contributed by atoms with van der Waals surface area (Å²) in [5, 5.41) is 0. The molecule has 0 saturated carbocycles. The van der Waals surface area contributed by atoms with E-state index in [9.17, 15) is 26.4 Å². The fraction of sp³-hybridized carbons (Fsp3) is 0.444. The predicted molar refractivity (Wildman–Crippen MR) is 96.3 cm³/mol. The third-order valence-corrected chi connectivity index (χ3v) is 6.67. The fourth-order valence-electron chi connectivity index (χ4n) is 3.31. The molecule has 1 atom stereocenters. The van der Waals surface area contributed by atoms with Gasteiger partial charge >= 0.3 is 12.1 Å². The number of hydrogen-bond donors (Lipinski definition) is 0. The van der Waals surface area contributed by atoms with E-state index < -0.39 is 38.7 Å². The first-order valence-corrected chi connectivity index (χ1v) is 10.2. The van der Waals surface area contributed by atoms with Crippen molar-refractivity contribution in [3.8, 4) is 0 Å². The molecule has 29 heavy (non-hydrogen) atoms. The molecule has 1 aliphatic rings. The van der Waals surface area contributed by atoms with Gasteiger partial charge in [-0.25, -0.2) is 13.4 Å². The lowest BCUT2D eigenvalue weighted by Crippen LogP contribution is -2.49. The van der Waals surface area contributed by atoms with Crippen molar-refractivity contribution in [2.75, 3.05) is 7.11 Å². The lowest BCUT2D eigenvalue weighted by atomic mass is 10.1. The van der Waals surface area contributed by atoms with Crippen molar-refractivity contribution in [3.63, 3.8) is 0 Å². The average Bonchev–Trinajstić information content (AvgIpc) is 3.09. The Morgan fingerprint density at radius 1 is 1.31 bits per heavy atom. The zero-order chi connectivity index (χ0) is 21.6. The van der Waals surface area contributed by atoms with Gasteiger partial charge in [0.2, 0.25) is 10.0 Å². The van der Waals surface area contributed by atoms with E-state index in [0.717, 1.165) is 29.6 Å². The van der Waals surface area contributed by atoms with Crippen LogP contribution in [0.4, 0.5) is 13.2 Å². The van der Waals surface area contributed by atoms with E-state index in [1.807, 2.05) is 13.8 Å². The van der Waals surface area contributed by atoms with Gasteiger partial charge in [0.05, 0.1) is 41.8 Å². The normalized spacial score (nSPS) is 18.0. The molecule has 158 valence electrons. The maximum absolute atomic E-state index is 13.2. The number of aromatic nitrogens is 2. The lowest BCUT2D eigenvalue weighted by molar-refractivity contribution is -0.145. The molecule has 0 radical (unpaired) electrons. The topological polar surface area (TPSA) is 81.5 Å². The number of halogens is 3. The Kier molecular flexibility index (Phi) is 5.48. The number of alkyl halides is 3. The Morgan fingerprint density at radius 3 is 2.59 bits per heavy atom. The summed E-state index contributed by atoms with van der Waals surface area (Å²) < 4.78 is 73.0. The van der Waals surface area contributed by atoms with Crippen molar-refractivity contribution in [2.45, 2.75) is 50.0 Å². The van der Waals surface area contributed by atoms with Gasteiger partial charge in [-0.1, -0.05) is 6.07 Å². The number of esters is 1. The first-order valence-electron chi connectivity index (χ1n) is 8.78. The van der Waals surface area contributed by atoms with Gasteiger partial charge in [0.25, 0.3) is 0 Å². The summed E-state index contributed by atoms with van der Waals surface area (Å²) in [6, 6.07) is 2.23. The van der Waals surface area contributed by atoms with Crippen LogP contribution in [0.15, 0.2) is 35.5 Å². The molecule has 0 spiro atoms. The molecule has 3 rings (SSSR count). The molecule has 0 fully saturated rings. The van der Waals surface area contributed by atoms with Crippen molar-refractivity contribution in [1.29, 1.82) is 0 Å². The maximum atomic E-state index is 13.2. The minimum absolute atomic E-state index is 0.0148. The summed E-state index contributed by atoms with van der Waals surface area (Å²) in [6.45, 7) is 3.58. The van der Waals surface area contributed by atoms with Crippen molar-refractivity contribution in [3.05, 3.63) is 47.5 Å². The Morgan fingerprint density at radius 2 is 2.00 bits per heavy atom. The molecule has 7 nitrogen and oxygen atoms in total. The van der Waals surface area contributed by atoms with Gasteiger partial charge < -0.3 is 9.30 Å². The molecule has 1 aromatic heterocycles. The third-order valence-electron chi connectivity index (χ3n) is 4.82. The van der Waals surface area contributed by atoms with E-state index in [2.05, 4.69) is 4.98 Å². The van der Waals surface area contributed by atoms with Gasteiger partial charge in [0.15, 0.2) is 0 Å². The van der Waals surface area contributed by atoms with Crippen LogP contribution in [0.3, 0.4) is 0 Å². The molecular formula is C18H20F3N3O4S. The standard InChI is InChI=1S/C18H20F3N3O4S/c1-11(2)23-10-22-14-8-15(17(25)28-3)24(9-16(14)23)29(26,27)13-6-4-5-12(7-13)18(19,20)21/h4-7,10-11,15H,8-9H2,1-3H3.